The second-order valence-corrected chi connectivity index (χ2v) is 4.68. The van der Waals surface area contributed by atoms with Crippen molar-refractivity contribution in [2.24, 2.45) is 5.73 Å². The number of hydrogen-bond donors (Lipinski definition) is 1. The molecule has 1 aromatic heterocycles. The van der Waals surface area contributed by atoms with Crippen molar-refractivity contribution in [3.8, 4) is 5.75 Å². The second kappa shape index (κ2) is 6.37. The fourth-order valence-electron chi connectivity index (χ4n) is 1.57. The molecule has 0 saturated heterocycles. The van der Waals surface area contributed by atoms with E-state index in [1.807, 2.05) is 18.2 Å². The molecular weight excluding hydrogens is 246 g/mol. The van der Waals surface area contributed by atoms with Crippen LogP contribution >= 0.6 is 11.8 Å². The lowest BCUT2D eigenvalue weighted by Gasteiger charge is -2.08. The molecule has 0 unspecified atom stereocenters. The van der Waals surface area contributed by atoms with Crippen LogP contribution in [-0.2, 0) is 12.3 Å². The van der Waals surface area contributed by atoms with Crippen LogP contribution in [0.15, 0.2) is 41.8 Å². The number of methoxy groups -OCH3 is 1. The Kier molecular flexibility index (Phi) is 4.55. The van der Waals surface area contributed by atoms with Gasteiger partial charge in [0.2, 0.25) is 0 Å². The topological polar surface area (TPSA) is 61.0 Å². The van der Waals surface area contributed by atoms with Crippen LogP contribution < -0.4 is 10.5 Å². The molecular formula is C13H15N3OS. The normalized spacial score (nSPS) is 10.3. The van der Waals surface area contributed by atoms with E-state index >= 15 is 0 Å². The molecule has 0 saturated carbocycles. The lowest BCUT2D eigenvalue weighted by molar-refractivity contribution is 0.409. The van der Waals surface area contributed by atoms with Gasteiger partial charge < -0.3 is 10.5 Å². The van der Waals surface area contributed by atoms with Gasteiger partial charge in [0.25, 0.3) is 0 Å². The second-order valence-electron chi connectivity index (χ2n) is 3.69. The third-order valence-electron chi connectivity index (χ3n) is 2.51. The lowest BCUT2D eigenvalue weighted by Crippen LogP contribution is -2.00. The summed E-state index contributed by atoms with van der Waals surface area (Å²) in [5.41, 5.74) is 7.85. The zero-order valence-corrected chi connectivity index (χ0v) is 11.0. The fraction of sp³-hybridized carbons (Fsp3) is 0.231. The van der Waals surface area contributed by atoms with Gasteiger partial charge in [-0.05, 0) is 17.7 Å². The van der Waals surface area contributed by atoms with Crippen molar-refractivity contribution in [3.05, 3.63) is 47.9 Å². The molecule has 4 nitrogen and oxygen atoms in total. The number of aromatic nitrogens is 2. The molecule has 5 heteroatoms. The van der Waals surface area contributed by atoms with Crippen LogP contribution in [-0.4, -0.2) is 17.1 Å². The van der Waals surface area contributed by atoms with Gasteiger partial charge in [0, 0.05) is 24.1 Å². The van der Waals surface area contributed by atoms with E-state index in [1.165, 1.54) is 5.56 Å². The van der Waals surface area contributed by atoms with E-state index in [4.69, 9.17) is 10.5 Å². The molecule has 94 valence electrons. The first-order valence-electron chi connectivity index (χ1n) is 5.58. The van der Waals surface area contributed by atoms with E-state index < -0.39 is 0 Å². The summed E-state index contributed by atoms with van der Waals surface area (Å²) >= 11 is 1.67. The van der Waals surface area contributed by atoms with Crippen molar-refractivity contribution in [2.75, 3.05) is 7.11 Å². The quantitative estimate of drug-likeness (QED) is 0.660. The third-order valence-corrected chi connectivity index (χ3v) is 3.53. The summed E-state index contributed by atoms with van der Waals surface area (Å²) in [6, 6.07) is 8.00. The first kappa shape index (κ1) is 12.9. The minimum Gasteiger partial charge on any atom is -0.496 e. The van der Waals surface area contributed by atoms with E-state index in [0.29, 0.717) is 6.54 Å². The number of benzene rings is 1. The van der Waals surface area contributed by atoms with Crippen molar-refractivity contribution in [2.45, 2.75) is 17.3 Å². The standard InChI is InChI=1S/C13H15N3OS/c1-17-12-6-10(2-3-11(12)7-14)8-18-13-4-5-15-9-16-13/h2-6,9H,7-8,14H2,1H3. The van der Waals surface area contributed by atoms with E-state index in [9.17, 15) is 0 Å². The van der Waals surface area contributed by atoms with Gasteiger partial charge >= 0.3 is 0 Å². The largest absolute Gasteiger partial charge is 0.496 e. The predicted octanol–water partition coefficient (Wildman–Crippen LogP) is 2.24. The Hall–Kier alpha value is -1.59. The summed E-state index contributed by atoms with van der Waals surface area (Å²) in [4.78, 5) is 8.06. The molecule has 0 fully saturated rings. The molecule has 0 aliphatic carbocycles. The van der Waals surface area contributed by atoms with Gasteiger partial charge in [-0.15, -0.1) is 11.8 Å². The highest BCUT2D eigenvalue weighted by atomic mass is 32.2. The fourth-order valence-corrected chi connectivity index (χ4v) is 2.34. The molecule has 0 bridgehead atoms. The van der Waals surface area contributed by atoms with Gasteiger partial charge in [-0.25, -0.2) is 9.97 Å². The highest BCUT2D eigenvalue weighted by molar-refractivity contribution is 7.98. The molecule has 1 heterocycles. The summed E-state index contributed by atoms with van der Waals surface area (Å²) in [6.07, 6.45) is 3.30. The number of nitrogens with two attached hydrogens (primary N) is 1. The van der Waals surface area contributed by atoms with Gasteiger partial charge in [-0.2, -0.15) is 0 Å². The smallest absolute Gasteiger partial charge is 0.123 e. The lowest BCUT2D eigenvalue weighted by atomic mass is 10.1. The van der Waals surface area contributed by atoms with Crippen molar-refractivity contribution < 1.29 is 4.74 Å². The van der Waals surface area contributed by atoms with E-state index in [0.717, 1.165) is 22.1 Å². The molecule has 0 aliphatic rings. The number of thioether (sulfide) groups is 1. The van der Waals surface area contributed by atoms with Gasteiger partial charge in [0.15, 0.2) is 0 Å². The Bertz CT molecular complexity index is 505. The summed E-state index contributed by atoms with van der Waals surface area (Å²) in [7, 11) is 1.66. The summed E-state index contributed by atoms with van der Waals surface area (Å²) in [5.74, 6) is 1.69. The van der Waals surface area contributed by atoms with Crippen molar-refractivity contribution in [1.29, 1.82) is 0 Å². The van der Waals surface area contributed by atoms with Gasteiger partial charge in [-0.3, -0.25) is 0 Å². The van der Waals surface area contributed by atoms with Crippen molar-refractivity contribution in [1.82, 2.24) is 9.97 Å². The molecule has 2 rings (SSSR count). The number of rotatable bonds is 5. The van der Waals surface area contributed by atoms with Crippen LogP contribution in [0.1, 0.15) is 11.1 Å². The Morgan fingerprint density at radius 3 is 2.89 bits per heavy atom. The van der Waals surface area contributed by atoms with Crippen LogP contribution in [0.5, 0.6) is 5.75 Å². The van der Waals surface area contributed by atoms with Crippen molar-refractivity contribution in [3.63, 3.8) is 0 Å². The minimum absolute atomic E-state index is 0.489. The monoisotopic (exact) mass is 261 g/mol. The average molecular weight is 261 g/mol. The van der Waals surface area contributed by atoms with Gasteiger partial charge in [0.05, 0.1) is 12.1 Å². The van der Waals surface area contributed by atoms with E-state index in [-0.39, 0.29) is 0 Å². The number of nitrogens with zero attached hydrogens (tertiary/aromatic N) is 2. The summed E-state index contributed by atoms with van der Waals surface area (Å²) in [5, 5.41) is 0.965. The molecule has 1 aromatic carbocycles. The molecule has 0 radical (unpaired) electrons. The summed E-state index contributed by atoms with van der Waals surface area (Å²) < 4.78 is 5.31. The molecule has 2 N–H and O–H groups in total. The van der Waals surface area contributed by atoms with E-state index in [1.54, 1.807) is 31.4 Å². The molecule has 18 heavy (non-hydrogen) atoms. The average Bonchev–Trinajstić information content (AvgIpc) is 2.45. The van der Waals surface area contributed by atoms with Gasteiger partial charge in [-0.1, -0.05) is 12.1 Å². The maximum absolute atomic E-state index is 5.64. The Balaban J connectivity index is 2.06. The highest BCUT2D eigenvalue weighted by Gasteiger charge is 2.04. The Morgan fingerprint density at radius 2 is 2.22 bits per heavy atom. The SMILES string of the molecule is COc1cc(CSc2ccncn2)ccc1CN. The third kappa shape index (κ3) is 3.21. The van der Waals surface area contributed by atoms with Crippen LogP contribution in [0.3, 0.4) is 0 Å². The number of ether oxygens (including phenoxy) is 1. The first-order chi connectivity index (χ1) is 8.83. The molecule has 0 aliphatic heterocycles. The molecule has 2 aromatic rings. The van der Waals surface area contributed by atoms with Gasteiger partial charge in [0.1, 0.15) is 12.1 Å². The zero-order valence-electron chi connectivity index (χ0n) is 10.2. The Morgan fingerprint density at radius 1 is 1.33 bits per heavy atom. The zero-order chi connectivity index (χ0) is 12.8. The van der Waals surface area contributed by atoms with Crippen LogP contribution in [0, 0.1) is 0 Å². The molecule has 0 spiro atoms. The number of hydrogen-bond acceptors (Lipinski definition) is 5. The maximum atomic E-state index is 5.64. The first-order valence-corrected chi connectivity index (χ1v) is 6.56. The van der Waals surface area contributed by atoms with Crippen molar-refractivity contribution >= 4 is 11.8 Å². The van der Waals surface area contributed by atoms with E-state index in [2.05, 4.69) is 16.0 Å². The minimum atomic E-state index is 0.489. The van der Waals surface area contributed by atoms with Crippen LogP contribution in [0.4, 0.5) is 0 Å². The maximum Gasteiger partial charge on any atom is 0.123 e. The predicted molar refractivity (Wildman–Crippen MR) is 72.5 cm³/mol. The van der Waals surface area contributed by atoms with Crippen LogP contribution in [0.2, 0.25) is 0 Å². The highest BCUT2D eigenvalue weighted by Crippen LogP contribution is 2.25. The molecule has 0 amide bonds. The Labute approximate surface area is 111 Å². The molecule has 0 atom stereocenters. The summed E-state index contributed by atoms with van der Waals surface area (Å²) in [6.45, 7) is 0.489. The van der Waals surface area contributed by atoms with Crippen LogP contribution in [0.25, 0.3) is 0 Å².